The summed E-state index contributed by atoms with van der Waals surface area (Å²) in [5.74, 6) is 0.716. The Kier molecular flexibility index (Phi) is 16.0. The molecule has 39 heavy (non-hydrogen) atoms. The number of carbonyl (C=O) groups excluding carboxylic acids is 2. The van der Waals surface area contributed by atoms with Crippen LogP contribution in [0.2, 0.25) is 0 Å². The number of hydrogen-bond donors (Lipinski definition) is 0. The van der Waals surface area contributed by atoms with E-state index in [4.69, 9.17) is 18.9 Å². The number of hydrogen-bond acceptors (Lipinski definition) is 6. The number of esters is 2. The minimum atomic E-state index is -0.667. The van der Waals surface area contributed by atoms with E-state index in [2.05, 4.69) is 40.0 Å². The Morgan fingerprint density at radius 3 is 2.05 bits per heavy atom. The molecule has 2 aliphatic carbocycles. The molecule has 6 nitrogen and oxygen atoms in total. The molecule has 1 saturated heterocycles. The van der Waals surface area contributed by atoms with Gasteiger partial charge in [-0.1, -0.05) is 68.0 Å². The summed E-state index contributed by atoms with van der Waals surface area (Å²) in [5, 5.41) is 0. The number of fused-ring (bicyclic) bond motifs is 1. The Morgan fingerprint density at radius 1 is 1.05 bits per heavy atom. The van der Waals surface area contributed by atoms with Crippen molar-refractivity contribution < 1.29 is 28.5 Å². The van der Waals surface area contributed by atoms with Crippen LogP contribution in [-0.2, 0) is 28.5 Å². The summed E-state index contributed by atoms with van der Waals surface area (Å²) in [5.41, 5.74) is 2.94. The third-order valence-electron chi connectivity index (χ3n) is 6.59. The molecule has 0 radical (unpaired) electrons. The van der Waals surface area contributed by atoms with Gasteiger partial charge in [0.1, 0.15) is 11.7 Å². The van der Waals surface area contributed by atoms with Gasteiger partial charge in [0.05, 0.1) is 33.0 Å². The molecule has 0 aromatic heterocycles. The third-order valence-corrected chi connectivity index (χ3v) is 6.59. The first-order valence-electron chi connectivity index (χ1n) is 13.8. The molecule has 1 aliphatic heterocycles. The molecule has 3 atom stereocenters. The van der Waals surface area contributed by atoms with Crippen LogP contribution in [0.1, 0.15) is 59.9 Å². The second-order valence-corrected chi connectivity index (χ2v) is 10.1. The molecule has 1 saturated carbocycles. The molecule has 0 spiro atoms. The molecule has 1 aromatic carbocycles. The zero-order chi connectivity index (χ0) is 29.3. The highest BCUT2D eigenvalue weighted by Gasteiger charge is 2.57. The summed E-state index contributed by atoms with van der Waals surface area (Å²) in [7, 11) is 0. The SMILES string of the molecule is C=CC.C=CCOCC1CO1.CC1=CCC2C(C1)C2(C)C.CCOC(=O)C(=Cc1ccccc1)C(=O)OCC. The first-order valence-corrected chi connectivity index (χ1v) is 13.8. The van der Waals surface area contributed by atoms with Crippen molar-refractivity contribution in [1.29, 1.82) is 0 Å². The third kappa shape index (κ3) is 13.1. The van der Waals surface area contributed by atoms with Gasteiger partial charge >= 0.3 is 11.9 Å². The van der Waals surface area contributed by atoms with E-state index in [-0.39, 0.29) is 18.8 Å². The van der Waals surface area contributed by atoms with Gasteiger partial charge in [0.2, 0.25) is 0 Å². The topological polar surface area (TPSA) is 74.4 Å². The van der Waals surface area contributed by atoms with E-state index in [9.17, 15) is 9.59 Å². The van der Waals surface area contributed by atoms with Crippen LogP contribution in [0.5, 0.6) is 0 Å². The normalized spacial score (nSPS) is 20.7. The molecular weight excluding hydrogens is 492 g/mol. The Morgan fingerprint density at radius 2 is 1.62 bits per heavy atom. The lowest BCUT2D eigenvalue weighted by atomic mass is 10.0. The Labute approximate surface area is 235 Å². The molecule has 4 rings (SSSR count). The summed E-state index contributed by atoms with van der Waals surface area (Å²) in [6.07, 6.45) is 10.5. The van der Waals surface area contributed by atoms with Crippen LogP contribution in [0.15, 0.2) is 72.9 Å². The van der Waals surface area contributed by atoms with Crippen LogP contribution in [-0.4, -0.2) is 51.1 Å². The van der Waals surface area contributed by atoms with Crippen LogP contribution in [0.3, 0.4) is 0 Å². The first-order chi connectivity index (χ1) is 18.7. The number of epoxide rings is 1. The highest BCUT2D eigenvalue weighted by molar-refractivity contribution is 6.17. The fraction of sp³-hybridized carbons (Fsp3) is 0.515. The van der Waals surface area contributed by atoms with E-state index in [0.717, 1.165) is 30.6 Å². The predicted octanol–water partition coefficient (Wildman–Crippen LogP) is 6.98. The number of benzene rings is 1. The zero-order valence-corrected chi connectivity index (χ0v) is 24.7. The van der Waals surface area contributed by atoms with E-state index in [1.54, 1.807) is 43.7 Å². The highest BCUT2D eigenvalue weighted by Crippen LogP contribution is 2.64. The standard InChI is InChI=1S/C14H16O4.C10H16.C6H10O2.C3H6/c1-3-17-13(15)12(14(16)18-4-2)10-11-8-6-5-7-9-11;1-7-4-5-8-9(6-7)10(8,2)3;1-2-3-7-4-6-5-8-6;1-3-2/h5-10H,3-4H2,1-2H3;4,8-9H,5-6H2,1-3H3;2,6H,1,3-5H2;3H,1H2,2H3. The van der Waals surface area contributed by atoms with Crippen molar-refractivity contribution in [2.45, 2.75) is 60.5 Å². The first kappa shape index (κ1) is 34.1. The van der Waals surface area contributed by atoms with Crippen molar-refractivity contribution in [3.8, 4) is 0 Å². The quantitative estimate of drug-likeness (QED) is 0.0640. The van der Waals surface area contributed by atoms with Gasteiger partial charge in [-0.05, 0) is 69.4 Å². The maximum Gasteiger partial charge on any atom is 0.345 e. The van der Waals surface area contributed by atoms with E-state index in [1.165, 1.54) is 18.9 Å². The van der Waals surface area contributed by atoms with Gasteiger partial charge in [-0.25, -0.2) is 9.59 Å². The van der Waals surface area contributed by atoms with Crippen LogP contribution in [0.4, 0.5) is 0 Å². The second kappa shape index (κ2) is 18.3. The van der Waals surface area contributed by atoms with Gasteiger partial charge < -0.3 is 18.9 Å². The van der Waals surface area contributed by atoms with E-state index in [0.29, 0.717) is 18.1 Å². The van der Waals surface area contributed by atoms with E-state index < -0.39 is 11.9 Å². The Bertz CT molecular complexity index is 936. The summed E-state index contributed by atoms with van der Waals surface area (Å²) in [6.45, 7) is 21.9. The molecule has 3 unspecified atom stereocenters. The average molecular weight is 541 g/mol. The number of rotatable bonds is 9. The van der Waals surface area contributed by atoms with Gasteiger partial charge in [-0.3, -0.25) is 0 Å². The van der Waals surface area contributed by atoms with Gasteiger partial charge in [0, 0.05) is 0 Å². The highest BCUT2D eigenvalue weighted by atomic mass is 16.6. The molecule has 6 heteroatoms. The van der Waals surface area contributed by atoms with Gasteiger partial charge in [0.25, 0.3) is 0 Å². The van der Waals surface area contributed by atoms with Crippen LogP contribution < -0.4 is 0 Å². The fourth-order valence-corrected chi connectivity index (χ4v) is 4.27. The minimum Gasteiger partial charge on any atom is -0.462 e. The molecule has 3 aliphatic rings. The lowest BCUT2D eigenvalue weighted by molar-refractivity contribution is -0.146. The molecule has 216 valence electrons. The fourth-order valence-electron chi connectivity index (χ4n) is 4.27. The van der Waals surface area contributed by atoms with Crippen molar-refractivity contribution in [3.63, 3.8) is 0 Å². The van der Waals surface area contributed by atoms with Gasteiger partial charge in [-0.15, -0.1) is 13.2 Å². The van der Waals surface area contributed by atoms with Gasteiger partial charge in [0.15, 0.2) is 0 Å². The summed E-state index contributed by atoms with van der Waals surface area (Å²) >= 11 is 0. The maximum atomic E-state index is 11.7. The minimum absolute atomic E-state index is 0.0927. The predicted molar refractivity (Wildman–Crippen MR) is 158 cm³/mol. The van der Waals surface area contributed by atoms with Crippen LogP contribution in [0.25, 0.3) is 6.08 Å². The molecule has 1 heterocycles. The lowest BCUT2D eigenvalue weighted by Gasteiger charge is -2.06. The van der Waals surface area contributed by atoms with Gasteiger partial charge in [-0.2, -0.15) is 0 Å². The van der Waals surface area contributed by atoms with Crippen molar-refractivity contribution in [1.82, 2.24) is 0 Å². The molecule has 0 amide bonds. The number of ether oxygens (including phenoxy) is 4. The molecule has 0 N–H and O–H groups in total. The summed E-state index contributed by atoms with van der Waals surface area (Å²) in [6, 6.07) is 9.07. The van der Waals surface area contributed by atoms with Crippen molar-refractivity contribution in [2.24, 2.45) is 17.3 Å². The second-order valence-electron chi connectivity index (χ2n) is 10.1. The number of allylic oxidation sites excluding steroid dienone is 3. The molecule has 1 aromatic rings. The van der Waals surface area contributed by atoms with E-state index >= 15 is 0 Å². The molecule has 2 fully saturated rings. The Balaban J connectivity index is 0.000000302. The monoisotopic (exact) mass is 540 g/mol. The average Bonchev–Trinajstić information content (AvgIpc) is 3.82. The van der Waals surface area contributed by atoms with Crippen LogP contribution in [0, 0.1) is 17.3 Å². The van der Waals surface area contributed by atoms with E-state index in [1.807, 2.05) is 25.1 Å². The smallest absolute Gasteiger partial charge is 0.345 e. The van der Waals surface area contributed by atoms with Crippen LogP contribution >= 0.6 is 0 Å². The molecular formula is C33H48O6. The van der Waals surface area contributed by atoms with Crippen molar-refractivity contribution in [2.75, 3.05) is 33.0 Å². The molecule has 0 bridgehead atoms. The van der Waals surface area contributed by atoms with Crippen molar-refractivity contribution in [3.05, 3.63) is 78.4 Å². The lowest BCUT2D eigenvalue weighted by Crippen LogP contribution is -2.18. The maximum absolute atomic E-state index is 11.7. The Hall–Kier alpha value is -2.96. The van der Waals surface area contributed by atoms with Crippen molar-refractivity contribution >= 4 is 18.0 Å². The zero-order valence-electron chi connectivity index (χ0n) is 24.7. The summed E-state index contributed by atoms with van der Waals surface area (Å²) in [4.78, 5) is 23.3. The number of carbonyl (C=O) groups is 2. The largest absolute Gasteiger partial charge is 0.462 e. The summed E-state index contributed by atoms with van der Waals surface area (Å²) < 4.78 is 19.6.